The molecule has 0 aromatic heterocycles. The van der Waals surface area contributed by atoms with E-state index < -0.39 is 0 Å². The average molecular weight is 169 g/mol. The number of rotatable bonds is 7. The fourth-order valence-electron chi connectivity index (χ4n) is 0.619. The second-order valence-corrected chi connectivity index (χ2v) is 2.31. The molecule has 12 heavy (non-hydrogen) atoms. The van der Waals surface area contributed by atoms with Crippen LogP contribution < -0.4 is 16.2 Å². The van der Waals surface area contributed by atoms with Gasteiger partial charge in [-0.3, -0.25) is 0 Å². The first-order valence-corrected chi connectivity index (χ1v) is 4.43. The van der Waals surface area contributed by atoms with Crippen molar-refractivity contribution in [2.24, 2.45) is 0 Å². The largest absolute Gasteiger partial charge is 0.313 e. The Balaban J connectivity index is 3.07. The van der Waals surface area contributed by atoms with Gasteiger partial charge in [-0.2, -0.15) is 0 Å². The van der Waals surface area contributed by atoms with E-state index in [0.29, 0.717) is 0 Å². The smallest absolute Gasteiger partial charge is 0.0152 e. The van der Waals surface area contributed by atoms with Crippen LogP contribution in [-0.2, 0) is 0 Å². The number of allylic oxidation sites excluding steroid dienone is 1. The van der Waals surface area contributed by atoms with Gasteiger partial charge in [-0.1, -0.05) is 26.0 Å². The maximum Gasteiger partial charge on any atom is 0.0152 e. The third kappa shape index (κ3) is 9.04. The van der Waals surface area contributed by atoms with Gasteiger partial charge in [0.15, 0.2) is 0 Å². The van der Waals surface area contributed by atoms with Crippen LogP contribution in [0.5, 0.6) is 0 Å². The van der Waals surface area contributed by atoms with E-state index in [1.54, 1.807) is 0 Å². The molecule has 0 saturated carbocycles. The second kappa shape index (κ2) is 10.0. The van der Waals surface area contributed by atoms with Crippen molar-refractivity contribution in [3.63, 3.8) is 0 Å². The highest BCUT2D eigenvalue weighted by Crippen LogP contribution is 1.73. The van der Waals surface area contributed by atoms with E-state index in [2.05, 4.69) is 30.0 Å². The molecule has 0 atom stereocenters. The fraction of sp³-hybridized carbons (Fsp3) is 0.556. The molecule has 3 nitrogen and oxygen atoms in total. The molecule has 3 heteroatoms. The van der Waals surface area contributed by atoms with E-state index in [4.69, 9.17) is 0 Å². The molecule has 0 amide bonds. The highest BCUT2D eigenvalue weighted by Gasteiger charge is 1.72. The van der Waals surface area contributed by atoms with Gasteiger partial charge in [0.2, 0.25) is 0 Å². The second-order valence-electron chi connectivity index (χ2n) is 2.31. The van der Waals surface area contributed by atoms with E-state index in [1.807, 2.05) is 24.6 Å². The summed E-state index contributed by atoms with van der Waals surface area (Å²) in [6, 6.07) is 0. The third-order valence-corrected chi connectivity index (χ3v) is 1.23. The quantitative estimate of drug-likeness (QED) is 0.395. The zero-order valence-corrected chi connectivity index (χ0v) is 7.93. The molecule has 70 valence electrons. The van der Waals surface area contributed by atoms with Gasteiger partial charge in [0.05, 0.1) is 0 Å². The molecule has 3 N–H and O–H groups in total. The van der Waals surface area contributed by atoms with Gasteiger partial charge in [-0.25, -0.2) is 0 Å². The third-order valence-electron chi connectivity index (χ3n) is 1.23. The van der Waals surface area contributed by atoms with E-state index >= 15 is 0 Å². The van der Waals surface area contributed by atoms with Crippen LogP contribution in [0, 0.1) is 0 Å². The summed E-state index contributed by atoms with van der Waals surface area (Å²) in [5, 5.41) is 3.18. The highest BCUT2D eigenvalue weighted by atomic mass is 15.3. The zero-order chi connectivity index (χ0) is 9.07. The summed E-state index contributed by atoms with van der Waals surface area (Å²) in [5.74, 6) is 0. The molecule has 0 spiro atoms. The van der Waals surface area contributed by atoms with Crippen molar-refractivity contribution < 1.29 is 0 Å². The predicted octanol–water partition coefficient (Wildman–Crippen LogP) is 1.13. The number of nitrogens with one attached hydrogen (secondary N) is 3. The summed E-state index contributed by atoms with van der Waals surface area (Å²) < 4.78 is 0. The lowest BCUT2D eigenvalue weighted by Crippen LogP contribution is -2.21. The number of likely N-dealkylation sites (N-methyl/N-ethyl adjacent to an activating group) is 1. The molecule has 0 fully saturated rings. The minimum absolute atomic E-state index is 0.905. The Morgan fingerprint density at radius 3 is 2.25 bits per heavy atom. The minimum atomic E-state index is 0.905. The first-order chi connectivity index (χ1) is 5.91. The topological polar surface area (TPSA) is 36.1 Å². The monoisotopic (exact) mass is 169 g/mol. The van der Waals surface area contributed by atoms with Gasteiger partial charge in [0, 0.05) is 18.9 Å². The first-order valence-electron chi connectivity index (χ1n) is 4.43. The van der Waals surface area contributed by atoms with Crippen LogP contribution in [0.2, 0.25) is 0 Å². The lowest BCUT2D eigenvalue weighted by atomic mass is 10.5. The molecule has 0 aromatic rings. The van der Waals surface area contributed by atoms with Crippen molar-refractivity contribution in [3.8, 4) is 0 Å². The standard InChI is InChI=1S/C9H19N3/c1-3-5-8-11-12-9-6-7-10-4-2/h5-6,8-12H,3-4,7H2,1-2H3/b8-5+,9-6+. The molecule has 0 unspecified atom stereocenters. The lowest BCUT2D eigenvalue weighted by Gasteiger charge is -1.98. The Morgan fingerprint density at radius 2 is 1.67 bits per heavy atom. The Kier molecular flexibility index (Phi) is 9.24. The molecule has 0 rings (SSSR count). The zero-order valence-electron chi connectivity index (χ0n) is 7.93. The van der Waals surface area contributed by atoms with Crippen LogP contribution in [0.3, 0.4) is 0 Å². The molecule has 0 radical (unpaired) electrons. The van der Waals surface area contributed by atoms with Crippen molar-refractivity contribution in [2.45, 2.75) is 20.3 Å². The molecule has 0 aliphatic carbocycles. The van der Waals surface area contributed by atoms with Crippen molar-refractivity contribution in [1.82, 2.24) is 16.2 Å². The highest BCUT2D eigenvalue weighted by molar-refractivity contribution is 4.83. The van der Waals surface area contributed by atoms with Gasteiger partial charge in [0.1, 0.15) is 0 Å². The summed E-state index contributed by atoms with van der Waals surface area (Å²) in [4.78, 5) is 0. The van der Waals surface area contributed by atoms with Gasteiger partial charge in [-0.15, -0.1) is 0 Å². The van der Waals surface area contributed by atoms with E-state index in [0.717, 1.165) is 19.5 Å². The maximum atomic E-state index is 3.18. The minimum Gasteiger partial charge on any atom is -0.313 e. The summed E-state index contributed by atoms with van der Waals surface area (Å²) in [7, 11) is 0. The van der Waals surface area contributed by atoms with E-state index in [-0.39, 0.29) is 0 Å². The van der Waals surface area contributed by atoms with E-state index in [9.17, 15) is 0 Å². The van der Waals surface area contributed by atoms with E-state index in [1.165, 1.54) is 0 Å². The molecule has 0 aromatic carbocycles. The molecule has 0 aliphatic rings. The molecule has 0 saturated heterocycles. The van der Waals surface area contributed by atoms with Gasteiger partial charge in [-0.05, 0) is 13.0 Å². The van der Waals surface area contributed by atoms with Gasteiger partial charge >= 0.3 is 0 Å². The summed E-state index contributed by atoms with van der Waals surface area (Å²) in [6.07, 6.45) is 8.89. The van der Waals surface area contributed by atoms with Crippen LogP contribution >= 0.6 is 0 Å². The molecule has 0 aliphatic heterocycles. The summed E-state index contributed by atoms with van der Waals surface area (Å²) in [6.45, 7) is 6.10. The van der Waals surface area contributed by atoms with Crippen LogP contribution in [0.4, 0.5) is 0 Å². The normalized spacial score (nSPS) is 11.2. The summed E-state index contributed by atoms with van der Waals surface area (Å²) in [5.41, 5.74) is 5.84. The molecule has 0 heterocycles. The first kappa shape index (κ1) is 11.0. The number of hydrazine groups is 1. The SMILES string of the molecule is CC/C=C/NN/C=C/CNCC. The predicted molar refractivity (Wildman–Crippen MR) is 53.4 cm³/mol. The average Bonchev–Trinajstić information content (AvgIpc) is 2.10. The molecule has 0 bridgehead atoms. The number of hydrogen-bond acceptors (Lipinski definition) is 3. The maximum absolute atomic E-state index is 3.18. The van der Waals surface area contributed by atoms with Crippen molar-refractivity contribution in [3.05, 3.63) is 24.6 Å². The van der Waals surface area contributed by atoms with Crippen LogP contribution in [0.25, 0.3) is 0 Å². The summed E-state index contributed by atoms with van der Waals surface area (Å²) >= 11 is 0. The Bertz CT molecular complexity index is 130. The fourth-order valence-corrected chi connectivity index (χ4v) is 0.619. The number of hydrogen-bond donors (Lipinski definition) is 3. The van der Waals surface area contributed by atoms with Crippen molar-refractivity contribution >= 4 is 0 Å². The van der Waals surface area contributed by atoms with Crippen LogP contribution in [0.1, 0.15) is 20.3 Å². The molecular weight excluding hydrogens is 150 g/mol. The Morgan fingerprint density at radius 1 is 1.00 bits per heavy atom. The van der Waals surface area contributed by atoms with Crippen LogP contribution in [-0.4, -0.2) is 13.1 Å². The van der Waals surface area contributed by atoms with Gasteiger partial charge < -0.3 is 16.2 Å². The lowest BCUT2D eigenvalue weighted by molar-refractivity contribution is 0.756. The van der Waals surface area contributed by atoms with Crippen LogP contribution in [0.15, 0.2) is 24.6 Å². The molecular formula is C9H19N3. The Labute approximate surface area is 74.9 Å². The Hall–Kier alpha value is -0.960. The van der Waals surface area contributed by atoms with Crippen molar-refractivity contribution in [1.29, 1.82) is 0 Å². The van der Waals surface area contributed by atoms with Gasteiger partial charge in [0.25, 0.3) is 0 Å². The van der Waals surface area contributed by atoms with Crippen molar-refractivity contribution in [2.75, 3.05) is 13.1 Å².